The van der Waals surface area contributed by atoms with E-state index in [0.717, 1.165) is 0 Å². The van der Waals surface area contributed by atoms with Gasteiger partial charge in [-0.1, -0.05) is 0 Å². The number of quaternary nitrogens is 1. The fourth-order valence-electron chi connectivity index (χ4n) is 0. The average Bonchev–Trinajstić information content (AvgIpc) is 0.722. The zero-order chi connectivity index (χ0) is 4.50. The van der Waals surface area contributed by atoms with E-state index in [1.807, 2.05) is 0 Å². The third-order valence-electron chi connectivity index (χ3n) is 0. The number of rotatable bonds is 0. The zero-order valence-electron chi connectivity index (χ0n) is 3.42. The molecule has 0 atom stereocenters. The third-order valence-corrected chi connectivity index (χ3v) is 0. The predicted molar refractivity (Wildman–Crippen MR) is 16.5 cm³/mol. The molecular formula is H4MnNO4S. The largest absolute Gasteiger partial charge is 1.00 e. The Kier molecular flexibility index (Phi) is 10.1. The minimum Gasteiger partial charge on any atom is -0.759 e. The van der Waals surface area contributed by atoms with Gasteiger partial charge in [0.2, 0.25) is 0 Å². The van der Waals surface area contributed by atoms with Crippen LogP contribution in [0.4, 0.5) is 0 Å². The molecule has 0 radical (unpaired) electrons. The Balaban J connectivity index is -0.0000000800. The summed E-state index contributed by atoms with van der Waals surface area (Å²) in [6, 6.07) is 0. The van der Waals surface area contributed by atoms with Crippen LogP contribution >= 0.6 is 0 Å². The van der Waals surface area contributed by atoms with Crippen LogP contribution in [0.25, 0.3) is 0 Å². The fourth-order valence-corrected chi connectivity index (χ4v) is 0. The first kappa shape index (κ1) is 15.7. The summed E-state index contributed by atoms with van der Waals surface area (Å²) in [4.78, 5) is 0. The summed E-state index contributed by atoms with van der Waals surface area (Å²) in [5.74, 6) is 0. The first-order valence-corrected chi connectivity index (χ1v) is 2.00. The molecule has 0 aromatic rings. The van der Waals surface area contributed by atoms with Gasteiger partial charge in [-0.05, 0) is 0 Å². The number of hydrogen-bond acceptors (Lipinski definition) is 4. The van der Waals surface area contributed by atoms with E-state index in [-0.39, 0.29) is 23.2 Å². The van der Waals surface area contributed by atoms with Gasteiger partial charge in [-0.25, -0.2) is 0 Å². The first-order valence-electron chi connectivity index (χ1n) is 0.667. The van der Waals surface area contributed by atoms with Crippen LogP contribution in [0.15, 0.2) is 0 Å². The van der Waals surface area contributed by atoms with Crippen LogP contribution in [-0.2, 0) is 27.5 Å². The van der Waals surface area contributed by atoms with E-state index in [1.165, 1.54) is 0 Å². The molecule has 5 nitrogen and oxygen atoms in total. The van der Waals surface area contributed by atoms with Crippen molar-refractivity contribution < 1.29 is 34.6 Å². The molecule has 0 rings (SSSR count). The third kappa shape index (κ3) is 983. The van der Waals surface area contributed by atoms with Gasteiger partial charge in [0.1, 0.15) is 0 Å². The minimum absolute atomic E-state index is 0. The van der Waals surface area contributed by atoms with Gasteiger partial charge < -0.3 is 15.3 Å². The molecule has 0 aliphatic carbocycles. The summed E-state index contributed by atoms with van der Waals surface area (Å²) >= 11 is 0. The average molecular weight is 169 g/mol. The molecule has 0 saturated heterocycles. The summed E-state index contributed by atoms with van der Waals surface area (Å²) in [6.45, 7) is 0. The van der Waals surface area contributed by atoms with E-state index in [4.69, 9.17) is 17.5 Å². The van der Waals surface area contributed by atoms with Crippen molar-refractivity contribution in [3.63, 3.8) is 0 Å². The van der Waals surface area contributed by atoms with Crippen molar-refractivity contribution in [2.24, 2.45) is 0 Å². The molecule has 7 heavy (non-hydrogen) atoms. The van der Waals surface area contributed by atoms with Crippen LogP contribution in [0, 0.1) is 0 Å². The van der Waals surface area contributed by atoms with E-state index in [1.54, 1.807) is 0 Å². The molecule has 0 spiro atoms. The second-order valence-electron chi connectivity index (χ2n) is 0.408. The van der Waals surface area contributed by atoms with Gasteiger partial charge in [-0.3, -0.25) is 8.42 Å². The molecule has 0 aromatic carbocycles. The minimum atomic E-state index is -5.17. The van der Waals surface area contributed by atoms with E-state index in [2.05, 4.69) is 0 Å². The van der Waals surface area contributed by atoms with Crippen LogP contribution in [0.1, 0.15) is 0 Å². The van der Waals surface area contributed by atoms with E-state index >= 15 is 0 Å². The summed E-state index contributed by atoms with van der Waals surface area (Å²) in [7, 11) is -5.17. The Morgan fingerprint density at radius 1 is 1.14 bits per heavy atom. The Labute approximate surface area is 51.7 Å². The van der Waals surface area contributed by atoms with Crippen LogP contribution in [0.5, 0.6) is 0 Å². The molecule has 0 aromatic heterocycles. The summed E-state index contributed by atoms with van der Waals surface area (Å²) in [6.07, 6.45) is 0. The second kappa shape index (κ2) is 4.51. The maximum Gasteiger partial charge on any atom is 1.00 e. The maximum absolute atomic E-state index is 8.52. The van der Waals surface area contributed by atoms with Crippen LogP contribution in [-0.4, -0.2) is 17.5 Å². The van der Waals surface area contributed by atoms with Crippen molar-refractivity contribution in [2.45, 2.75) is 0 Å². The predicted octanol–water partition coefficient (Wildman–Crippen LogP) is -0.964. The summed E-state index contributed by atoms with van der Waals surface area (Å²) < 4.78 is 34.1. The first-order chi connectivity index (χ1) is 2.00. The van der Waals surface area contributed by atoms with E-state index in [0.29, 0.717) is 0 Å². The Morgan fingerprint density at radius 2 is 1.14 bits per heavy atom. The molecule has 0 saturated carbocycles. The molecule has 46 valence electrons. The molecule has 0 aliphatic heterocycles. The smallest absolute Gasteiger partial charge is 0.759 e. The summed E-state index contributed by atoms with van der Waals surface area (Å²) in [5.41, 5.74) is 0. The molecule has 7 heteroatoms. The van der Waals surface area contributed by atoms with Crippen molar-refractivity contribution in [3.8, 4) is 0 Å². The molecule has 0 amide bonds. The molecule has 0 fully saturated rings. The van der Waals surface area contributed by atoms with Gasteiger partial charge in [0.05, 0.1) is 0 Å². The molecule has 4 N–H and O–H groups in total. The van der Waals surface area contributed by atoms with Gasteiger partial charge in [0.25, 0.3) is 0 Å². The van der Waals surface area contributed by atoms with Crippen molar-refractivity contribution in [1.29, 1.82) is 0 Å². The van der Waals surface area contributed by atoms with E-state index < -0.39 is 10.4 Å². The summed E-state index contributed by atoms with van der Waals surface area (Å²) in [5, 5.41) is 0. The van der Waals surface area contributed by atoms with Crippen molar-refractivity contribution in [3.05, 3.63) is 0 Å². The quantitative estimate of drug-likeness (QED) is 0.285. The van der Waals surface area contributed by atoms with E-state index in [9.17, 15) is 0 Å². The second-order valence-corrected chi connectivity index (χ2v) is 1.22. The van der Waals surface area contributed by atoms with Crippen LogP contribution in [0.3, 0.4) is 0 Å². The normalized spacial score (nSPS) is 8.29. The molecule has 0 bridgehead atoms. The standard InChI is InChI=1S/Mn.H3N.H2O4S/c;;1-5(2,3)4/h;1H3;(H2,1,2,3,4)/q+1;;/p-1. The van der Waals surface area contributed by atoms with Crippen LogP contribution in [0.2, 0.25) is 0 Å². The topological polar surface area (TPSA) is 117 Å². The Bertz CT molecular complexity index is 94.9. The van der Waals surface area contributed by atoms with Crippen molar-refractivity contribution in [1.82, 2.24) is 6.15 Å². The molecular weight excluding hydrogens is 165 g/mol. The monoisotopic (exact) mass is 169 g/mol. The van der Waals surface area contributed by atoms with Gasteiger partial charge in [0.15, 0.2) is 0 Å². The van der Waals surface area contributed by atoms with Crippen molar-refractivity contribution in [2.75, 3.05) is 0 Å². The van der Waals surface area contributed by atoms with Gasteiger partial charge >= 0.3 is 17.1 Å². The molecule has 0 unspecified atom stereocenters. The van der Waals surface area contributed by atoms with Crippen molar-refractivity contribution >= 4 is 10.4 Å². The fraction of sp³-hybridized carbons (Fsp3) is 0. The van der Waals surface area contributed by atoms with Gasteiger partial charge in [0, 0.05) is 10.4 Å². The zero-order valence-corrected chi connectivity index (χ0v) is 5.42. The molecule has 0 aliphatic rings. The maximum atomic E-state index is 8.52. The SMILES string of the molecule is O=S(=O)([O-])[O-].[Mn+].[NH4+]. The Morgan fingerprint density at radius 3 is 1.14 bits per heavy atom. The van der Waals surface area contributed by atoms with Crippen LogP contribution < -0.4 is 6.15 Å². The number of hydrogen-bond donors (Lipinski definition) is 1. The van der Waals surface area contributed by atoms with Gasteiger partial charge in [-0.15, -0.1) is 0 Å². The molecule has 0 heterocycles. The Hall–Kier alpha value is 0.349. The van der Waals surface area contributed by atoms with Gasteiger partial charge in [-0.2, -0.15) is 0 Å².